The number of carboxylic acid groups (broad SMARTS) is 1. The van der Waals surface area contributed by atoms with Crippen LogP contribution in [-0.2, 0) is 11.2 Å². The Morgan fingerprint density at radius 2 is 2.00 bits per heavy atom. The zero-order valence-corrected chi connectivity index (χ0v) is 13.6. The molecule has 1 unspecified atom stereocenters. The number of rotatable bonds is 4. The largest absolute Gasteiger partial charge is 0.479 e. The molecule has 1 saturated heterocycles. The summed E-state index contributed by atoms with van der Waals surface area (Å²) < 4.78 is 28.8. The van der Waals surface area contributed by atoms with Gasteiger partial charge in [0.15, 0.2) is 0 Å². The van der Waals surface area contributed by atoms with Crippen molar-refractivity contribution in [2.75, 3.05) is 13.1 Å². The summed E-state index contributed by atoms with van der Waals surface area (Å²) in [7, 11) is 0. The molecule has 1 aromatic heterocycles. The number of hydrogen-bond acceptors (Lipinski definition) is 3. The lowest BCUT2D eigenvalue weighted by atomic mass is 10.1. The standard InChI is InChI=1S/C17H17F2N3O3/c1-2-14-13(9-20-22(14)12-5-3-11(18)4-6-12)15(23)21-8-7-17(19,10-21)16(24)25/h3-6,9H,2,7-8,10H2,1H3,(H,24,25). The van der Waals surface area contributed by atoms with Gasteiger partial charge in [-0.1, -0.05) is 6.92 Å². The van der Waals surface area contributed by atoms with Gasteiger partial charge in [-0.2, -0.15) is 5.10 Å². The van der Waals surface area contributed by atoms with Gasteiger partial charge in [0.1, 0.15) is 5.82 Å². The lowest BCUT2D eigenvalue weighted by Crippen LogP contribution is -2.39. The van der Waals surface area contributed by atoms with Crippen LogP contribution in [0.25, 0.3) is 5.69 Å². The van der Waals surface area contributed by atoms with E-state index in [1.807, 2.05) is 6.92 Å². The molecule has 0 bridgehead atoms. The Balaban J connectivity index is 1.90. The maximum absolute atomic E-state index is 14.2. The Morgan fingerprint density at radius 1 is 1.32 bits per heavy atom. The van der Waals surface area contributed by atoms with E-state index < -0.39 is 24.1 Å². The van der Waals surface area contributed by atoms with Crippen molar-refractivity contribution in [3.8, 4) is 5.69 Å². The maximum atomic E-state index is 14.2. The van der Waals surface area contributed by atoms with E-state index in [-0.39, 0.29) is 18.8 Å². The molecule has 0 radical (unpaired) electrons. The van der Waals surface area contributed by atoms with Crippen LogP contribution in [0.15, 0.2) is 30.5 Å². The summed E-state index contributed by atoms with van der Waals surface area (Å²) >= 11 is 0. The number of benzene rings is 1. The third-order valence-electron chi connectivity index (χ3n) is 4.40. The van der Waals surface area contributed by atoms with E-state index in [0.717, 1.165) is 0 Å². The second-order valence-corrected chi connectivity index (χ2v) is 5.99. The van der Waals surface area contributed by atoms with E-state index in [1.54, 1.807) is 12.1 Å². The van der Waals surface area contributed by atoms with Gasteiger partial charge in [-0.3, -0.25) is 4.79 Å². The number of aromatic nitrogens is 2. The zero-order chi connectivity index (χ0) is 18.2. The number of carboxylic acids is 1. The molecule has 1 aromatic carbocycles. The molecule has 8 heteroatoms. The van der Waals surface area contributed by atoms with Gasteiger partial charge in [0.05, 0.1) is 29.7 Å². The van der Waals surface area contributed by atoms with Crippen LogP contribution in [0.5, 0.6) is 0 Å². The highest BCUT2D eigenvalue weighted by Crippen LogP contribution is 2.28. The monoisotopic (exact) mass is 349 g/mol. The van der Waals surface area contributed by atoms with E-state index >= 15 is 0 Å². The summed E-state index contributed by atoms with van der Waals surface area (Å²) in [5.41, 5.74) is -0.913. The molecule has 25 heavy (non-hydrogen) atoms. The van der Waals surface area contributed by atoms with Gasteiger partial charge in [-0.15, -0.1) is 0 Å². The average molecular weight is 349 g/mol. The minimum Gasteiger partial charge on any atom is -0.479 e. The minimum atomic E-state index is -2.41. The fraction of sp³-hybridized carbons (Fsp3) is 0.353. The van der Waals surface area contributed by atoms with Crippen molar-refractivity contribution in [1.82, 2.24) is 14.7 Å². The van der Waals surface area contributed by atoms with Gasteiger partial charge in [0.2, 0.25) is 5.67 Å². The van der Waals surface area contributed by atoms with Crippen LogP contribution in [0, 0.1) is 5.82 Å². The molecule has 0 aliphatic carbocycles. The molecular weight excluding hydrogens is 332 g/mol. The molecule has 2 heterocycles. The molecule has 0 saturated carbocycles. The molecule has 1 atom stereocenters. The highest BCUT2D eigenvalue weighted by molar-refractivity contribution is 5.96. The Kier molecular flexibility index (Phi) is 4.28. The second-order valence-electron chi connectivity index (χ2n) is 5.99. The van der Waals surface area contributed by atoms with Crippen LogP contribution in [0.2, 0.25) is 0 Å². The predicted octanol–water partition coefficient (Wildman–Crippen LogP) is 2.21. The van der Waals surface area contributed by atoms with E-state index in [0.29, 0.717) is 23.4 Å². The number of carbonyl (C=O) groups excluding carboxylic acids is 1. The molecule has 1 aliphatic rings. The first-order chi connectivity index (χ1) is 11.9. The number of halogens is 2. The first-order valence-electron chi connectivity index (χ1n) is 7.90. The molecular formula is C17H17F2N3O3. The van der Waals surface area contributed by atoms with Gasteiger partial charge in [-0.05, 0) is 30.7 Å². The average Bonchev–Trinajstić information content (AvgIpc) is 3.19. The summed E-state index contributed by atoms with van der Waals surface area (Å²) in [6.45, 7) is 1.40. The maximum Gasteiger partial charge on any atom is 0.343 e. The topological polar surface area (TPSA) is 75.4 Å². The molecule has 0 spiro atoms. The minimum absolute atomic E-state index is 0.0342. The number of nitrogens with zero attached hydrogens (tertiary/aromatic N) is 3. The van der Waals surface area contributed by atoms with Gasteiger partial charge in [0.25, 0.3) is 5.91 Å². The molecule has 6 nitrogen and oxygen atoms in total. The third kappa shape index (κ3) is 2.99. The summed E-state index contributed by atoms with van der Waals surface area (Å²) in [6, 6.07) is 5.68. The Labute approximate surface area is 142 Å². The number of alkyl halides is 1. The van der Waals surface area contributed by atoms with Crippen molar-refractivity contribution >= 4 is 11.9 Å². The van der Waals surface area contributed by atoms with Crippen molar-refractivity contribution < 1.29 is 23.5 Å². The van der Waals surface area contributed by atoms with Crippen molar-refractivity contribution in [3.63, 3.8) is 0 Å². The summed E-state index contributed by atoms with van der Waals surface area (Å²) in [5.74, 6) is -2.39. The number of aliphatic carboxylic acids is 1. The first kappa shape index (κ1) is 17.1. The van der Waals surface area contributed by atoms with Gasteiger partial charge >= 0.3 is 5.97 Å². The SMILES string of the molecule is CCc1c(C(=O)N2CCC(F)(C(=O)O)C2)cnn1-c1ccc(F)cc1. The molecule has 1 fully saturated rings. The van der Waals surface area contributed by atoms with E-state index in [4.69, 9.17) is 5.11 Å². The van der Waals surface area contributed by atoms with Crippen LogP contribution >= 0.6 is 0 Å². The lowest BCUT2D eigenvalue weighted by Gasteiger charge is -2.18. The van der Waals surface area contributed by atoms with Crippen molar-refractivity contribution in [2.24, 2.45) is 0 Å². The van der Waals surface area contributed by atoms with Crippen molar-refractivity contribution in [3.05, 3.63) is 47.5 Å². The number of amides is 1. The van der Waals surface area contributed by atoms with Crippen LogP contribution in [0.1, 0.15) is 29.4 Å². The number of likely N-dealkylation sites (tertiary alicyclic amines) is 1. The molecule has 1 amide bonds. The van der Waals surface area contributed by atoms with E-state index in [1.165, 1.54) is 27.9 Å². The molecule has 2 aromatic rings. The lowest BCUT2D eigenvalue weighted by molar-refractivity contribution is -0.149. The number of hydrogen-bond donors (Lipinski definition) is 1. The smallest absolute Gasteiger partial charge is 0.343 e. The molecule has 132 valence electrons. The van der Waals surface area contributed by atoms with Gasteiger partial charge in [0, 0.05) is 13.0 Å². The van der Waals surface area contributed by atoms with Crippen molar-refractivity contribution in [2.45, 2.75) is 25.4 Å². The second kappa shape index (κ2) is 6.27. The first-order valence-corrected chi connectivity index (χ1v) is 7.90. The fourth-order valence-electron chi connectivity index (χ4n) is 2.99. The summed E-state index contributed by atoms with van der Waals surface area (Å²) in [4.78, 5) is 24.9. The van der Waals surface area contributed by atoms with Crippen molar-refractivity contribution in [1.29, 1.82) is 0 Å². The summed E-state index contributed by atoms with van der Waals surface area (Å²) in [5, 5.41) is 13.1. The Morgan fingerprint density at radius 3 is 2.56 bits per heavy atom. The van der Waals surface area contributed by atoms with E-state index in [9.17, 15) is 18.4 Å². The zero-order valence-electron chi connectivity index (χ0n) is 13.6. The molecule has 1 N–H and O–H groups in total. The number of carbonyl (C=O) groups is 2. The van der Waals surface area contributed by atoms with Crippen LogP contribution in [0.3, 0.4) is 0 Å². The van der Waals surface area contributed by atoms with E-state index in [2.05, 4.69) is 5.10 Å². The third-order valence-corrected chi connectivity index (χ3v) is 4.40. The van der Waals surface area contributed by atoms with Gasteiger partial charge < -0.3 is 10.0 Å². The van der Waals surface area contributed by atoms with Crippen LogP contribution < -0.4 is 0 Å². The normalized spacial score (nSPS) is 20.0. The highest BCUT2D eigenvalue weighted by Gasteiger charge is 2.47. The highest BCUT2D eigenvalue weighted by atomic mass is 19.1. The van der Waals surface area contributed by atoms with Crippen LogP contribution in [0.4, 0.5) is 8.78 Å². The quantitative estimate of drug-likeness (QED) is 0.918. The predicted molar refractivity (Wildman–Crippen MR) is 84.9 cm³/mol. The molecule has 3 rings (SSSR count). The van der Waals surface area contributed by atoms with Gasteiger partial charge in [-0.25, -0.2) is 18.3 Å². The Bertz CT molecular complexity index is 819. The van der Waals surface area contributed by atoms with Crippen LogP contribution in [-0.4, -0.2) is 50.4 Å². The fourth-order valence-corrected chi connectivity index (χ4v) is 2.99. The summed E-state index contributed by atoms with van der Waals surface area (Å²) in [6.07, 6.45) is 1.62. The molecule has 1 aliphatic heterocycles. The Hall–Kier alpha value is -2.77.